The van der Waals surface area contributed by atoms with Gasteiger partial charge in [-0.1, -0.05) is 0 Å². The van der Waals surface area contributed by atoms with E-state index in [1.165, 1.54) is 63.8 Å². The summed E-state index contributed by atoms with van der Waals surface area (Å²) in [5.74, 6) is 0. The predicted molar refractivity (Wildman–Crippen MR) is 120 cm³/mol. The van der Waals surface area contributed by atoms with Gasteiger partial charge in [0.1, 0.15) is 0 Å². The molecule has 0 aromatic heterocycles. The molecule has 0 amide bonds. The average molecular weight is 465 g/mol. The number of unbranched alkanes of at least 4 members (excludes halogenated alkanes) is 3. The average Bonchev–Trinajstić information content (AvgIpc) is 2.69. The summed E-state index contributed by atoms with van der Waals surface area (Å²) in [6.45, 7) is 11.7. The summed E-state index contributed by atoms with van der Waals surface area (Å²) in [5.41, 5.74) is 1.46. The van der Waals surface area contributed by atoms with E-state index in [-0.39, 0.29) is 0 Å². The molecule has 1 aromatic rings. The molecule has 1 aromatic carbocycles. The molecule has 0 aliphatic rings. The van der Waals surface area contributed by atoms with Gasteiger partial charge in [0.2, 0.25) is 0 Å². The van der Waals surface area contributed by atoms with Crippen LogP contribution in [0.25, 0.3) is 0 Å². The van der Waals surface area contributed by atoms with E-state index in [0.717, 1.165) is 13.0 Å². The van der Waals surface area contributed by atoms with Crippen molar-refractivity contribution < 1.29 is 4.74 Å². The molecule has 0 spiro atoms. The Balaban J connectivity index is 2.98. The summed E-state index contributed by atoms with van der Waals surface area (Å²) in [7, 11) is 0. The van der Waals surface area contributed by atoms with Crippen LogP contribution >= 0.6 is 0 Å². The van der Waals surface area contributed by atoms with Crippen LogP contribution in [0.5, 0.6) is 0 Å². The first-order chi connectivity index (χ1) is 12.7. The molecular formula is C24H42OSn. The number of hydrogen-bond acceptors (Lipinski definition) is 1. The third kappa shape index (κ3) is 8.60. The summed E-state index contributed by atoms with van der Waals surface area (Å²) in [5, 5.41) is 0. The normalized spacial score (nSPS) is 12.9. The van der Waals surface area contributed by atoms with Crippen LogP contribution in [-0.4, -0.2) is 29.1 Å². The molecule has 0 saturated carbocycles. The monoisotopic (exact) mass is 466 g/mol. The van der Waals surface area contributed by atoms with Gasteiger partial charge in [-0.05, 0) is 0 Å². The third-order valence-electron chi connectivity index (χ3n) is 5.72. The second-order valence-electron chi connectivity index (χ2n) is 7.81. The van der Waals surface area contributed by atoms with E-state index in [9.17, 15) is 0 Å². The van der Waals surface area contributed by atoms with E-state index in [4.69, 9.17) is 4.74 Å². The first kappa shape index (κ1) is 23.8. The number of aryl methyl sites for hydroxylation is 1. The zero-order valence-electron chi connectivity index (χ0n) is 17.6. The first-order valence-electron chi connectivity index (χ1n) is 11.0. The molecule has 0 bridgehead atoms. The number of ether oxygens (including phenoxy) is 1. The molecule has 1 atom stereocenters. The molecule has 0 unspecified atom stereocenters. The van der Waals surface area contributed by atoms with Gasteiger partial charge in [-0.25, -0.2) is 0 Å². The number of rotatable bonds is 16. The topological polar surface area (TPSA) is 9.23 Å². The van der Waals surface area contributed by atoms with Crippen molar-refractivity contribution in [2.24, 2.45) is 0 Å². The van der Waals surface area contributed by atoms with E-state index >= 15 is 0 Å². The van der Waals surface area contributed by atoms with Crippen LogP contribution in [0.3, 0.4) is 0 Å². The van der Waals surface area contributed by atoms with Crippen LogP contribution in [0.4, 0.5) is 0 Å². The second-order valence-corrected chi connectivity index (χ2v) is 21.7. The van der Waals surface area contributed by atoms with Crippen LogP contribution in [0.15, 0.2) is 43.0 Å². The Morgan fingerprint density at radius 3 is 1.92 bits per heavy atom. The number of hydrogen-bond donors (Lipinski definition) is 0. The Morgan fingerprint density at radius 2 is 1.46 bits per heavy atom. The van der Waals surface area contributed by atoms with Crippen LogP contribution in [0, 0.1) is 0 Å². The standard InChI is InChI=1S/C12H15O.3C4H9.Sn/c1-2-10-13-11-6-9-12-7-4-3-5-8-12;3*1-3-4-2;/h2-5,7-8,11H,1,6,9-10H2;3*1,3-4H2,2H3;. The zero-order chi connectivity index (χ0) is 19.1. The Bertz CT molecular complexity index is 435. The first-order valence-corrected chi connectivity index (χ1v) is 18.7. The molecule has 26 heavy (non-hydrogen) atoms. The molecule has 0 heterocycles. The summed E-state index contributed by atoms with van der Waals surface area (Å²) in [4.78, 5) is 0. The molecule has 0 fully saturated rings. The summed E-state index contributed by atoms with van der Waals surface area (Å²) in [6, 6.07) is 11.0. The van der Waals surface area contributed by atoms with Crippen LogP contribution in [-0.2, 0) is 11.2 Å². The SMILES string of the molecule is C=CCO[C@@H](CCc1ccccc1)[Sn]([CH2]CCC)([CH2]CCC)[CH2]CCC. The zero-order valence-corrected chi connectivity index (χ0v) is 20.5. The molecule has 0 aliphatic carbocycles. The minimum absolute atomic E-state index is 0.548. The second kappa shape index (κ2) is 14.7. The molecule has 2 heteroatoms. The summed E-state index contributed by atoms with van der Waals surface area (Å²) in [6.07, 6.45) is 12.5. The Kier molecular flexibility index (Phi) is 13.5. The van der Waals surface area contributed by atoms with Gasteiger partial charge in [-0.15, -0.1) is 0 Å². The molecule has 0 N–H and O–H groups in total. The van der Waals surface area contributed by atoms with Crippen molar-refractivity contribution in [1.29, 1.82) is 0 Å². The molecule has 0 saturated heterocycles. The third-order valence-corrected chi connectivity index (χ3v) is 22.5. The van der Waals surface area contributed by atoms with E-state index < -0.39 is 18.4 Å². The fraction of sp³-hybridized carbons (Fsp3) is 0.667. The summed E-state index contributed by atoms with van der Waals surface area (Å²) >= 11 is -2.36. The maximum atomic E-state index is 6.54. The predicted octanol–water partition coefficient (Wildman–Crippen LogP) is 7.58. The van der Waals surface area contributed by atoms with Gasteiger partial charge in [-0.2, -0.15) is 0 Å². The Hall–Kier alpha value is -0.281. The van der Waals surface area contributed by atoms with Gasteiger partial charge < -0.3 is 0 Å². The van der Waals surface area contributed by atoms with Gasteiger partial charge in [-0.3, -0.25) is 0 Å². The van der Waals surface area contributed by atoms with Gasteiger partial charge in [0.15, 0.2) is 0 Å². The molecule has 0 radical (unpaired) electrons. The fourth-order valence-corrected chi connectivity index (χ4v) is 21.5. The van der Waals surface area contributed by atoms with Crippen LogP contribution in [0.2, 0.25) is 13.3 Å². The van der Waals surface area contributed by atoms with Crippen molar-refractivity contribution in [3.8, 4) is 0 Å². The quantitative estimate of drug-likeness (QED) is 0.181. The molecule has 148 valence electrons. The van der Waals surface area contributed by atoms with Crippen molar-refractivity contribution in [2.45, 2.75) is 89.6 Å². The van der Waals surface area contributed by atoms with Crippen LogP contribution < -0.4 is 0 Å². The molecule has 1 nitrogen and oxygen atoms in total. The van der Waals surface area contributed by atoms with Crippen molar-refractivity contribution >= 4 is 18.4 Å². The maximum absolute atomic E-state index is 6.54. The van der Waals surface area contributed by atoms with Crippen molar-refractivity contribution in [3.05, 3.63) is 48.6 Å². The Labute approximate surface area is 167 Å². The van der Waals surface area contributed by atoms with Gasteiger partial charge in [0.25, 0.3) is 0 Å². The van der Waals surface area contributed by atoms with Gasteiger partial charge in [0, 0.05) is 0 Å². The molecular weight excluding hydrogens is 423 g/mol. The van der Waals surface area contributed by atoms with Crippen molar-refractivity contribution in [1.82, 2.24) is 0 Å². The van der Waals surface area contributed by atoms with E-state index in [0.29, 0.717) is 4.12 Å². The van der Waals surface area contributed by atoms with Gasteiger partial charge >= 0.3 is 168 Å². The van der Waals surface area contributed by atoms with Crippen LogP contribution in [0.1, 0.15) is 71.3 Å². The van der Waals surface area contributed by atoms with E-state index in [1.807, 2.05) is 6.08 Å². The van der Waals surface area contributed by atoms with Crippen molar-refractivity contribution in [3.63, 3.8) is 0 Å². The van der Waals surface area contributed by atoms with E-state index in [2.05, 4.69) is 57.7 Å². The Morgan fingerprint density at radius 1 is 0.923 bits per heavy atom. The fourth-order valence-electron chi connectivity index (χ4n) is 4.14. The minimum atomic E-state index is -2.36. The van der Waals surface area contributed by atoms with Crippen molar-refractivity contribution in [2.75, 3.05) is 6.61 Å². The van der Waals surface area contributed by atoms with Gasteiger partial charge in [0.05, 0.1) is 0 Å². The molecule has 1 rings (SSSR count). The number of benzene rings is 1. The molecule has 0 aliphatic heterocycles. The van der Waals surface area contributed by atoms with E-state index in [1.54, 1.807) is 0 Å². The summed E-state index contributed by atoms with van der Waals surface area (Å²) < 4.78 is 11.6.